The summed E-state index contributed by atoms with van der Waals surface area (Å²) in [5.74, 6) is 3.86. The molecule has 4 N–H and O–H groups in total. The van der Waals surface area contributed by atoms with Gasteiger partial charge < -0.3 is 47.6 Å². The van der Waals surface area contributed by atoms with Crippen molar-refractivity contribution in [3.05, 3.63) is 189 Å². The number of phenolic OH excluding ortho intramolecular Hbond substituents is 4. The third-order valence-corrected chi connectivity index (χ3v) is 24.2. The van der Waals surface area contributed by atoms with E-state index in [0.717, 1.165) is 55.7 Å². The maximum Gasteiger partial charge on any atom is 0.344 e. The van der Waals surface area contributed by atoms with Crippen molar-refractivity contribution in [2.24, 2.45) is 0 Å². The van der Waals surface area contributed by atoms with E-state index in [4.69, 9.17) is 27.2 Å². The molecule has 10 aromatic rings. The zero-order valence-electron chi connectivity index (χ0n) is 47.3. The number of rotatable bonds is 4. The molecule has 8 aromatic carbocycles. The second kappa shape index (κ2) is 21.6. The highest BCUT2D eigenvalue weighted by Gasteiger charge is 2.40. The first-order valence-electron chi connectivity index (χ1n) is 26.5. The van der Waals surface area contributed by atoms with Crippen LogP contribution in [-0.2, 0) is 13.2 Å². The summed E-state index contributed by atoms with van der Waals surface area (Å²) >= 11 is 0. The van der Waals surface area contributed by atoms with Gasteiger partial charge in [-0.3, -0.25) is 0 Å². The lowest BCUT2D eigenvalue weighted by Gasteiger charge is -2.36. The highest BCUT2D eigenvalue weighted by atomic mass is 28.4. The molecule has 0 bridgehead atoms. The average molecular weight is 1110 g/mol. The molecule has 2 aliphatic rings. The molecule has 4 heterocycles. The molecule has 0 saturated heterocycles. The van der Waals surface area contributed by atoms with E-state index < -0.39 is 22.3 Å². The molecule has 2 aromatic heterocycles. The van der Waals surface area contributed by atoms with Gasteiger partial charge >= 0.3 is 11.3 Å². The molecule has 412 valence electrons. The lowest BCUT2D eigenvalue weighted by atomic mass is 9.96. The van der Waals surface area contributed by atoms with Gasteiger partial charge in [0, 0.05) is 55.9 Å². The van der Waals surface area contributed by atoms with Crippen LogP contribution in [0.15, 0.2) is 164 Å². The minimum atomic E-state index is -1.94. The first kappa shape index (κ1) is 56.3. The van der Waals surface area contributed by atoms with Crippen LogP contribution in [-0.4, -0.2) is 37.1 Å². The summed E-state index contributed by atoms with van der Waals surface area (Å²) < 4.78 is 34.8. The van der Waals surface area contributed by atoms with Crippen molar-refractivity contribution in [3.8, 4) is 68.2 Å². The van der Waals surface area contributed by atoms with E-state index >= 15 is 0 Å². The Bertz CT molecular complexity index is 4070. The molecule has 0 saturated carbocycles. The number of aryl methyl sites for hydroxylation is 2. The zero-order chi connectivity index (χ0) is 57.6. The van der Waals surface area contributed by atoms with Crippen molar-refractivity contribution >= 4 is 60.1 Å². The Hall–Kier alpha value is -8.47. The fourth-order valence-corrected chi connectivity index (χ4v) is 11.0. The fourth-order valence-electron chi connectivity index (χ4n) is 9.00. The van der Waals surface area contributed by atoms with Crippen LogP contribution >= 0.6 is 0 Å². The molecule has 2 aliphatic heterocycles. The maximum atomic E-state index is 12.4. The van der Waals surface area contributed by atoms with Crippen LogP contribution in [0.2, 0.25) is 36.3 Å². The largest absolute Gasteiger partial charge is 0.543 e. The van der Waals surface area contributed by atoms with Gasteiger partial charge in [-0.15, -0.1) is 0 Å². The smallest absolute Gasteiger partial charge is 0.344 e. The Balaban J connectivity index is 0.000000131. The average Bonchev–Trinajstić information content (AvgIpc) is 3.40. The van der Waals surface area contributed by atoms with Gasteiger partial charge in [-0.25, -0.2) is 9.59 Å². The molecule has 12 nitrogen and oxygen atoms in total. The highest BCUT2D eigenvalue weighted by Crippen LogP contribution is 2.44. The van der Waals surface area contributed by atoms with Gasteiger partial charge in [0.1, 0.15) is 70.4 Å². The summed E-state index contributed by atoms with van der Waals surface area (Å²) in [6, 6.07) is 43.9. The summed E-state index contributed by atoms with van der Waals surface area (Å²) in [4.78, 5) is 24.1. The van der Waals surface area contributed by atoms with E-state index in [-0.39, 0.29) is 38.7 Å². The van der Waals surface area contributed by atoms with Crippen molar-refractivity contribution in [3.63, 3.8) is 0 Å². The van der Waals surface area contributed by atoms with Crippen LogP contribution in [0.5, 0.6) is 46.0 Å². The third kappa shape index (κ3) is 11.9. The molecule has 0 amide bonds. The lowest BCUT2D eigenvalue weighted by Crippen LogP contribution is -2.43. The molecule has 14 heteroatoms. The first-order valence-corrected chi connectivity index (χ1v) is 32.3. The van der Waals surface area contributed by atoms with Gasteiger partial charge in [0.2, 0.25) is 16.6 Å². The molecule has 12 rings (SSSR count). The minimum Gasteiger partial charge on any atom is -0.543 e. The van der Waals surface area contributed by atoms with E-state index in [1.807, 2.05) is 55.5 Å². The van der Waals surface area contributed by atoms with E-state index in [1.54, 1.807) is 36.4 Å². The van der Waals surface area contributed by atoms with Gasteiger partial charge in [-0.1, -0.05) is 77.9 Å². The van der Waals surface area contributed by atoms with Crippen molar-refractivity contribution in [2.75, 3.05) is 0 Å². The van der Waals surface area contributed by atoms with Crippen LogP contribution in [0.4, 0.5) is 0 Å². The number of hydrogen-bond acceptors (Lipinski definition) is 12. The van der Waals surface area contributed by atoms with E-state index in [2.05, 4.69) is 111 Å². The Morgan fingerprint density at radius 3 is 1.39 bits per heavy atom. The van der Waals surface area contributed by atoms with Crippen LogP contribution in [0.3, 0.4) is 0 Å². The number of benzene rings is 8. The van der Waals surface area contributed by atoms with Crippen molar-refractivity contribution in [1.29, 1.82) is 0 Å². The van der Waals surface area contributed by atoms with Crippen molar-refractivity contribution in [1.82, 2.24) is 0 Å². The lowest BCUT2D eigenvalue weighted by molar-refractivity contribution is 0.299. The Morgan fingerprint density at radius 2 is 0.787 bits per heavy atom. The Labute approximate surface area is 467 Å². The van der Waals surface area contributed by atoms with Gasteiger partial charge in [0.15, 0.2) is 0 Å². The predicted molar refractivity (Wildman–Crippen MR) is 324 cm³/mol. The molecule has 80 heavy (non-hydrogen) atoms. The quantitative estimate of drug-likeness (QED) is 0.0746. The van der Waals surface area contributed by atoms with E-state index in [9.17, 15) is 30.0 Å². The van der Waals surface area contributed by atoms with E-state index in [1.165, 1.54) is 46.5 Å². The van der Waals surface area contributed by atoms with Crippen molar-refractivity contribution < 1.29 is 47.6 Å². The van der Waals surface area contributed by atoms with Gasteiger partial charge in [-0.05, 0) is 169 Å². The van der Waals surface area contributed by atoms with Gasteiger partial charge in [0.25, 0.3) is 0 Å². The second-order valence-electron chi connectivity index (χ2n) is 23.5. The minimum absolute atomic E-state index is 0.0166. The summed E-state index contributed by atoms with van der Waals surface area (Å²) in [6.45, 7) is 27.4. The maximum absolute atomic E-state index is 12.4. The molecule has 0 unspecified atom stereocenters. The second-order valence-corrected chi connectivity index (χ2v) is 33.0. The molecular weight excluding hydrogens is 1040 g/mol. The predicted octanol–water partition coefficient (Wildman–Crippen LogP) is 16.6. The topological polar surface area (TPSA) is 178 Å². The fraction of sp³-hybridized carbons (Fsp3) is 0.242. The van der Waals surface area contributed by atoms with Crippen molar-refractivity contribution in [2.45, 2.75) is 105 Å². The van der Waals surface area contributed by atoms with E-state index in [0.29, 0.717) is 46.3 Å². The zero-order valence-corrected chi connectivity index (χ0v) is 49.3. The standard InChI is InChI=1S/C20H24O3Si.C20H26O2Si.C13H8O4.C13H10O3/c1-13-7-9-16-15-10-8-14(23-24(5,6)20(2,3)4)12-17(15)19(21)22-18(16)11-13;1-14-7-9-18-17-10-8-16(22-23(5,6)20(2,3)4)12-15(17)13-21-19(18)11-14;14-7-1-3-9-10-4-2-8(15)6-12(10)17-13(16)11(9)5-7;14-9-1-3-11-8(5-9)7-16-13-6-10(15)2-4-12(11)13/h7-12H,1-6H3;7-12H,13H2,1-6H3;1-6,14-15H;1-6,14-15H,7H2. The monoisotopic (exact) mass is 1110 g/mol. The molecular formula is C66H68O12Si2. The summed E-state index contributed by atoms with van der Waals surface area (Å²) in [5, 5.41) is 41.9. The first-order chi connectivity index (χ1) is 37.6. The van der Waals surface area contributed by atoms with Gasteiger partial charge in [0.05, 0.1) is 10.8 Å². The molecule has 0 atom stereocenters. The number of hydrogen-bond donors (Lipinski definition) is 4. The SMILES string of the molecule is Cc1ccc2c(c1)OCc1cc(O[Si](C)(C)C(C)(C)C)ccc1-2.Cc1ccc2c(c1)oc(=O)c1cc(O[Si](C)(C)C(C)(C)C)ccc12.O=c1oc2cc(O)ccc2c2ccc(O)cc12.Oc1ccc2c(c1)COc1cc(O)ccc1-2. The molecule has 0 spiro atoms. The van der Waals surface area contributed by atoms with Crippen LogP contribution in [0.25, 0.3) is 65.7 Å². The summed E-state index contributed by atoms with van der Waals surface area (Å²) in [5.41, 5.74) is 8.99. The molecule has 0 fully saturated rings. The molecule has 0 aliphatic carbocycles. The summed E-state index contributed by atoms with van der Waals surface area (Å²) in [7, 11) is -3.76. The van der Waals surface area contributed by atoms with Gasteiger partial charge in [-0.2, -0.15) is 0 Å². The third-order valence-electron chi connectivity index (χ3n) is 15.5. The van der Waals surface area contributed by atoms with Crippen LogP contribution < -0.4 is 29.6 Å². The Kier molecular flexibility index (Phi) is 15.2. The number of phenols is 4. The van der Waals surface area contributed by atoms with Crippen LogP contribution in [0, 0.1) is 13.8 Å². The summed E-state index contributed by atoms with van der Waals surface area (Å²) in [6.07, 6.45) is 0. The highest BCUT2D eigenvalue weighted by molar-refractivity contribution is 6.75. The normalized spacial score (nSPS) is 12.7. The number of ether oxygens (including phenoxy) is 2. The number of aromatic hydroxyl groups is 4. The molecule has 0 radical (unpaired) electrons. The van der Waals surface area contributed by atoms with Crippen LogP contribution in [0.1, 0.15) is 63.8 Å². The number of fused-ring (bicyclic) bond motifs is 12. The Morgan fingerprint density at radius 1 is 0.400 bits per heavy atom.